The third-order valence-corrected chi connectivity index (χ3v) is 0.517. The number of nitrogens with one attached hydrogen (secondary N) is 1. The minimum atomic E-state index is -0.509. The van der Waals surface area contributed by atoms with Gasteiger partial charge in [0.15, 0.2) is 0 Å². The Bertz CT molecular complexity index is 166. The maximum atomic E-state index is 9.95. The second-order valence-electron chi connectivity index (χ2n) is 1.03. The highest BCUT2D eigenvalue weighted by Gasteiger charge is 2.06. The summed E-state index contributed by atoms with van der Waals surface area (Å²) in [6.07, 6.45) is 0. The van der Waals surface area contributed by atoms with Crippen molar-refractivity contribution in [1.29, 1.82) is 0 Å². The summed E-state index contributed by atoms with van der Waals surface area (Å²) in [6.45, 7) is 0. The molecule has 3 heteroatoms. The second kappa shape index (κ2) is 1.09. The maximum absolute atomic E-state index is 9.95. The van der Waals surface area contributed by atoms with Crippen molar-refractivity contribution in [1.82, 2.24) is 5.32 Å². The topological polar surface area (TPSA) is 46.2 Å². The SMILES string of the molecule is O=C1C#CC(=O)N1. The largest absolute Gasteiger partial charge is 0.303 e. The zero-order valence-electron chi connectivity index (χ0n) is 3.32. The highest BCUT2D eigenvalue weighted by atomic mass is 16.2. The fraction of sp³-hybridized carbons (Fsp3) is 0. The Kier molecular flexibility index (Phi) is 0.601. The van der Waals surface area contributed by atoms with Gasteiger partial charge in [0.1, 0.15) is 0 Å². The van der Waals surface area contributed by atoms with E-state index in [0.717, 1.165) is 0 Å². The maximum Gasteiger partial charge on any atom is 0.303 e. The molecule has 0 saturated carbocycles. The Morgan fingerprint density at radius 1 is 1.14 bits per heavy atom. The summed E-state index contributed by atoms with van der Waals surface area (Å²) < 4.78 is 0. The number of carbonyl (C=O) groups excluding carboxylic acids is 2. The van der Waals surface area contributed by atoms with Crippen molar-refractivity contribution in [2.24, 2.45) is 0 Å². The van der Waals surface area contributed by atoms with Gasteiger partial charge in [-0.1, -0.05) is 0 Å². The molecule has 3 nitrogen and oxygen atoms in total. The quantitative estimate of drug-likeness (QED) is 0.298. The number of rotatable bonds is 0. The van der Waals surface area contributed by atoms with Gasteiger partial charge in [-0.15, -0.1) is 0 Å². The van der Waals surface area contributed by atoms with Crippen molar-refractivity contribution in [3.8, 4) is 11.8 Å². The van der Waals surface area contributed by atoms with E-state index in [1.807, 2.05) is 17.2 Å². The van der Waals surface area contributed by atoms with E-state index in [9.17, 15) is 9.59 Å². The van der Waals surface area contributed by atoms with E-state index in [4.69, 9.17) is 0 Å². The first-order chi connectivity index (χ1) is 3.29. The van der Waals surface area contributed by atoms with Crippen LogP contribution in [0.15, 0.2) is 0 Å². The van der Waals surface area contributed by atoms with Crippen LogP contribution >= 0.6 is 0 Å². The lowest BCUT2D eigenvalue weighted by molar-refractivity contribution is -0.123. The van der Waals surface area contributed by atoms with Gasteiger partial charge in [-0.05, 0) is 0 Å². The zero-order chi connectivity index (χ0) is 5.28. The van der Waals surface area contributed by atoms with Crippen molar-refractivity contribution in [3.05, 3.63) is 0 Å². The molecule has 1 N–H and O–H groups in total. The smallest absolute Gasteiger partial charge is 0.274 e. The molecule has 0 radical (unpaired) electrons. The molecule has 34 valence electrons. The Morgan fingerprint density at radius 2 is 1.57 bits per heavy atom. The van der Waals surface area contributed by atoms with Gasteiger partial charge in [0.05, 0.1) is 0 Å². The highest BCUT2D eigenvalue weighted by molar-refractivity contribution is 6.18. The molecule has 7 heavy (non-hydrogen) atoms. The Labute approximate surface area is 39.7 Å². The van der Waals surface area contributed by atoms with E-state index in [-0.39, 0.29) is 0 Å². The van der Waals surface area contributed by atoms with Crippen LogP contribution in [0.4, 0.5) is 0 Å². The molecule has 1 rings (SSSR count). The van der Waals surface area contributed by atoms with E-state index >= 15 is 0 Å². The van der Waals surface area contributed by atoms with Gasteiger partial charge in [-0.25, -0.2) is 0 Å². The molecule has 1 aliphatic heterocycles. The summed E-state index contributed by atoms with van der Waals surface area (Å²) in [4.78, 5) is 19.9. The summed E-state index contributed by atoms with van der Waals surface area (Å²) in [5.41, 5.74) is 0. The zero-order valence-corrected chi connectivity index (χ0v) is 3.32. The van der Waals surface area contributed by atoms with Crippen molar-refractivity contribution in [3.63, 3.8) is 0 Å². The summed E-state index contributed by atoms with van der Waals surface area (Å²) in [5, 5.41) is 1.92. The molecule has 0 aromatic heterocycles. The Hall–Kier alpha value is -1.30. The van der Waals surface area contributed by atoms with Crippen molar-refractivity contribution in [2.45, 2.75) is 0 Å². The second-order valence-corrected chi connectivity index (χ2v) is 1.03. The van der Waals surface area contributed by atoms with Gasteiger partial charge in [0.2, 0.25) is 0 Å². The van der Waals surface area contributed by atoms with Crippen LogP contribution in [0.2, 0.25) is 0 Å². The molecule has 0 bridgehead atoms. The molecule has 0 spiro atoms. The average molecular weight is 95.1 g/mol. The third kappa shape index (κ3) is 0.578. The van der Waals surface area contributed by atoms with Crippen LogP contribution in [0.3, 0.4) is 0 Å². The molecular formula is C4HNO2. The van der Waals surface area contributed by atoms with Gasteiger partial charge in [0.25, 0.3) is 0 Å². The van der Waals surface area contributed by atoms with Gasteiger partial charge in [0, 0.05) is 11.8 Å². The van der Waals surface area contributed by atoms with Crippen molar-refractivity contribution >= 4 is 11.8 Å². The van der Waals surface area contributed by atoms with Crippen LogP contribution in [0.1, 0.15) is 0 Å². The molecule has 0 atom stereocenters. The standard InChI is InChI=1S/C4HNO2/c6-3-1-2-4(7)5-3/h(H,5,6,7). The van der Waals surface area contributed by atoms with Crippen LogP contribution in [-0.4, -0.2) is 11.8 Å². The molecule has 0 unspecified atom stereocenters. The van der Waals surface area contributed by atoms with Crippen LogP contribution in [0.5, 0.6) is 0 Å². The summed E-state index contributed by atoms with van der Waals surface area (Å²) in [5.74, 6) is 3.02. The van der Waals surface area contributed by atoms with Gasteiger partial charge >= 0.3 is 11.8 Å². The molecule has 0 aliphatic carbocycles. The third-order valence-electron chi connectivity index (χ3n) is 0.517. The molecule has 0 saturated heterocycles. The average Bonchev–Trinajstić information content (AvgIpc) is 1.87. The van der Waals surface area contributed by atoms with Gasteiger partial charge in [-0.3, -0.25) is 14.9 Å². The first kappa shape index (κ1) is 3.88. The van der Waals surface area contributed by atoms with E-state index in [1.54, 1.807) is 0 Å². The summed E-state index contributed by atoms with van der Waals surface area (Å²) in [6, 6.07) is 0. The minimum absolute atomic E-state index is 0.509. The first-order valence-corrected chi connectivity index (χ1v) is 1.66. The van der Waals surface area contributed by atoms with Crippen molar-refractivity contribution in [2.75, 3.05) is 0 Å². The fourth-order valence-corrected chi connectivity index (χ4v) is 0.279. The van der Waals surface area contributed by atoms with Crippen molar-refractivity contribution < 1.29 is 9.59 Å². The van der Waals surface area contributed by atoms with Gasteiger partial charge < -0.3 is 0 Å². The van der Waals surface area contributed by atoms with Gasteiger partial charge in [-0.2, -0.15) is 0 Å². The molecule has 2 amide bonds. The number of hydrogen-bond acceptors (Lipinski definition) is 2. The molecule has 1 aliphatic rings. The normalized spacial score (nSPS) is 15.4. The first-order valence-electron chi connectivity index (χ1n) is 1.66. The minimum Gasteiger partial charge on any atom is -0.274 e. The number of hydrogen-bond donors (Lipinski definition) is 1. The Balaban J connectivity index is 2.84. The van der Waals surface area contributed by atoms with E-state index in [1.165, 1.54) is 0 Å². The van der Waals surface area contributed by atoms with E-state index < -0.39 is 11.8 Å². The lowest BCUT2D eigenvalue weighted by Crippen LogP contribution is -2.21. The van der Waals surface area contributed by atoms with Crippen LogP contribution in [-0.2, 0) is 9.59 Å². The molecule has 0 aromatic rings. The molecule has 0 fully saturated rings. The molecular weight excluding hydrogens is 94.0 g/mol. The summed E-state index contributed by atoms with van der Waals surface area (Å²) in [7, 11) is 0. The Morgan fingerprint density at radius 3 is 1.71 bits per heavy atom. The predicted octanol–water partition coefficient (Wildman–Crippen LogP) is -1.35. The lowest BCUT2D eigenvalue weighted by atomic mass is 10.6. The summed E-state index contributed by atoms with van der Waals surface area (Å²) >= 11 is 0. The number of imide groups is 1. The molecule has 0 aromatic carbocycles. The van der Waals surface area contributed by atoms with E-state index in [0.29, 0.717) is 0 Å². The van der Waals surface area contributed by atoms with Crippen LogP contribution in [0, 0.1) is 11.8 Å². The lowest BCUT2D eigenvalue weighted by Gasteiger charge is -1.78. The van der Waals surface area contributed by atoms with Crippen LogP contribution in [0.25, 0.3) is 0 Å². The predicted molar refractivity (Wildman–Crippen MR) is 20.9 cm³/mol. The van der Waals surface area contributed by atoms with Crippen LogP contribution < -0.4 is 5.32 Å². The number of amides is 2. The molecule has 1 heterocycles. The highest BCUT2D eigenvalue weighted by Crippen LogP contribution is 1.71. The monoisotopic (exact) mass is 95.0 g/mol. The fourth-order valence-electron chi connectivity index (χ4n) is 0.279. The van der Waals surface area contributed by atoms with E-state index in [2.05, 4.69) is 0 Å². The number of carbonyl (C=O) groups is 2.